The van der Waals surface area contributed by atoms with E-state index in [1.807, 2.05) is 0 Å². The summed E-state index contributed by atoms with van der Waals surface area (Å²) in [5, 5.41) is 2.65. The van der Waals surface area contributed by atoms with Gasteiger partial charge in [0, 0.05) is 13.0 Å². The third kappa shape index (κ3) is 4.39. The van der Waals surface area contributed by atoms with Crippen molar-refractivity contribution >= 4 is 11.9 Å². The fraction of sp³-hybridized carbons (Fsp3) is 0.263. The van der Waals surface area contributed by atoms with Gasteiger partial charge in [-0.05, 0) is 36.2 Å². The molecule has 1 aliphatic rings. The number of rotatable bonds is 4. The third-order valence-corrected chi connectivity index (χ3v) is 4.17. The number of halogens is 3. The molecule has 0 bridgehead atoms. The van der Waals surface area contributed by atoms with Crippen molar-refractivity contribution in [2.75, 3.05) is 0 Å². The van der Waals surface area contributed by atoms with Crippen LogP contribution in [0, 0.1) is 0 Å². The molecule has 1 atom stereocenters. The van der Waals surface area contributed by atoms with Crippen LogP contribution in [-0.4, -0.2) is 23.8 Å². The van der Waals surface area contributed by atoms with Crippen molar-refractivity contribution in [3.63, 3.8) is 0 Å². The first kappa shape index (κ1) is 18.8. The van der Waals surface area contributed by atoms with Crippen LogP contribution in [0.25, 0.3) is 0 Å². The molecule has 0 aromatic heterocycles. The van der Waals surface area contributed by atoms with Crippen LogP contribution in [0.15, 0.2) is 48.5 Å². The minimum absolute atomic E-state index is 0.0694. The Labute approximate surface area is 153 Å². The lowest BCUT2D eigenvalue weighted by Crippen LogP contribution is -2.51. The van der Waals surface area contributed by atoms with Gasteiger partial charge in [-0.1, -0.05) is 30.3 Å². The Kier molecular flexibility index (Phi) is 4.82. The largest absolute Gasteiger partial charge is 0.573 e. The summed E-state index contributed by atoms with van der Waals surface area (Å²) in [4.78, 5) is 24.7. The molecular formula is C19H16F3NO4. The van der Waals surface area contributed by atoms with Gasteiger partial charge in [-0.15, -0.1) is 13.2 Å². The third-order valence-electron chi connectivity index (χ3n) is 4.17. The van der Waals surface area contributed by atoms with Crippen LogP contribution in [0.2, 0.25) is 0 Å². The topological polar surface area (TPSA) is 64.6 Å². The molecule has 1 aliphatic heterocycles. The molecule has 2 aromatic carbocycles. The minimum atomic E-state index is -4.76. The zero-order valence-corrected chi connectivity index (χ0v) is 14.3. The van der Waals surface area contributed by atoms with E-state index in [9.17, 15) is 22.8 Å². The highest BCUT2D eigenvalue weighted by atomic mass is 19.4. The highest BCUT2D eigenvalue weighted by Crippen LogP contribution is 2.28. The van der Waals surface area contributed by atoms with Gasteiger partial charge in [0.1, 0.15) is 5.75 Å². The second kappa shape index (κ2) is 6.94. The summed E-state index contributed by atoms with van der Waals surface area (Å²) < 4.78 is 45.6. The molecule has 142 valence electrons. The molecule has 0 saturated heterocycles. The van der Waals surface area contributed by atoms with Gasteiger partial charge in [-0.25, -0.2) is 4.79 Å². The summed E-state index contributed by atoms with van der Waals surface area (Å²) in [5.41, 5.74) is 0.372. The fourth-order valence-electron chi connectivity index (χ4n) is 2.84. The van der Waals surface area contributed by atoms with Crippen molar-refractivity contribution in [3.8, 4) is 5.75 Å². The van der Waals surface area contributed by atoms with Crippen molar-refractivity contribution in [2.24, 2.45) is 0 Å². The molecule has 3 rings (SSSR count). The quantitative estimate of drug-likeness (QED) is 0.828. The molecule has 2 aromatic rings. The molecule has 8 heteroatoms. The van der Waals surface area contributed by atoms with Gasteiger partial charge in [-0.2, -0.15) is 0 Å². The van der Waals surface area contributed by atoms with Gasteiger partial charge < -0.3 is 14.8 Å². The van der Waals surface area contributed by atoms with Crippen LogP contribution < -0.4 is 10.1 Å². The summed E-state index contributed by atoms with van der Waals surface area (Å²) in [6.07, 6.45) is -4.52. The Balaban J connectivity index is 1.63. The van der Waals surface area contributed by atoms with Crippen LogP contribution in [0.3, 0.4) is 0 Å². The molecule has 1 heterocycles. The van der Waals surface area contributed by atoms with E-state index in [1.54, 1.807) is 24.3 Å². The zero-order valence-electron chi connectivity index (χ0n) is 14.3. The second-order valence-corrected chi connectivity index (χ2v) is 6.33. The number of amides is 1. The van der Waals surface area contributed by atoms with Crippen molar-refractivity contribution in [1.82, 2.24) is 5.32 Å². The maximum Gasteiger partial charge on any atom is 0.573 e. The molecule has 5 nitrogen and oxygen atoms in total. The first-order valence-electron chi connectivity index (χ1n) is 8.10. The SMILES string of the molecule is CC1(C(=O)NCc2ccc(OC(F)(F)F)cc2)Cc2ccccc2C(=O)O1. The number of benzene rings is 2. The molecule has 1 amide bonds. The number of alkyl halides is 3. The van der Waals surface area contributed by atoms with Gasteiger partial charge in [0.25, 0.3) is 5.91 Å². The van der Waals surface area contributed by atoms with Gasteiger partial charge in [0.05, 0.1) is 5.56 Å². The zero-order chi connectivity index (χ0) is 19.7. The second-order valence-electron chi connectivity index (χ2n) is 6.33. The number of fused-ring (bicyclic) bond motifs is 1. The van der Waals surface area contributed by atoms with E-state index in [4.69, 9.17) is 4.74 Å². The molecule has 1 unspecified atom stereocenters. The van der Waals surface area contributed by atoms with E-state index in [-0.39, 0.29) is 18.7 Å². The number of hydrogen-bond acceptors (Lipinski definition) is 4. The summed E-state index contributed by atoms with van der Waals surface area (Å²) in [6.45, 7) is 1.59. The summed E-state index contributed by atoms with van der Waals surface area (Å²) in [6, 6.07) is 12.0. The van der Waals surface area contributed by atoms with E-state index in [0.29, 0.717) is 11.1 Å². The van der Waals surface area contributed by atoms with Gasteiger partial charge >= 0.3 is 12.3 Å². The normalized spacial score (nSPS) is 19.0. The fourth-order valence-corrected chi connectivity index (χ4v) is 2.84. The van der Waals surface area contributed by atoms with Crippen molar-refractivity contribution in [1.29, 1.82) is 0 Å². The molecule has 0 fully saturated rings. The number of carbonyl (C=O) groups excluding carboxylic acids is 2. The molecule has 0 saturated carbocycles. The molecule has 0 spiro atoms. The Bertz CT molecular complexity index is 864. The maximum absolute atomic E-state index is 12.5. The van der Waals surface area contributed by atoms with Crippen molar-refractivity contribution in [2.45, 2.75) is 31.9 Å². The Morgan fingerprint density at radius 3 is 2.52 bits per heavy atom. The summed E-state index contributed by atoms with van der Waals surface area (Å²) in [7, 11) is 0. The highest BCUT2D eigenvalue weighted by Gasteiger charge is 2.42. The van der Waals surface area contributed by atoms with Crippen LogP contribution >= 0.6 is 0 Å². The number of ether oxygens (including phenoxy) is 2. The minimum Gasteiger partial charge on any atom is -0.445 e. The monoisotopic (exact) mass is 379 g/mol. The molecular weight excluding hydrogens is 363 g/mol. The first-order valence-corrected chi connectivity index (χ1v) is 8.10. The Morgan fingerprint density at radius 2 is 1.85 bits per heavy atom. The van der Waals surface area contributed by atoms with E-state index < -0.39 is 23.8 Å². The van der Waals surface area contributed by atoms with E-state index in [2.05, 4.69) is 10.1 Å². The van der Waals surface area contributed by atoms with E-state index in [0.717, 1.165) is 17.7 Å². The number of hydrogen-bond donors (Lipinski definition) is 1. The molecule has 27 heavy (non-hydrogen) atoms. The van der Waals surface area contributed by atoms with Gasteiger partial charge in [0.15, 0.2) is 5.60 Å². The van der Waals surface area contributed by atoms with Crippen molar-refractivity contribution in [3.05, 3.63) is 65.2 Å². The number of nitrogens with one attached hydrogen (secondary N) is 1. The van der Waals surface area contributed by atoms with Crippen LogP contribution in [0.4, 0.5) is 13.2 Å². The van der Waals surface area contributed by atoms with Crippen LogP contribution in [-0.2, 0) is 22.5 Å². The van der Waals surface area contributed by atoms with Crippen LogP contribution in [0.1, 0.15) is 28.4 Å². The lowest BCUT2D eigenvalue weighted by atomic mass is 9.89. The average Bonchev–Trinajstić information content (AvgIpc) is 2.59. The van der Waals surface area contributed by atoms with Gasteiger partial charge in [0.2, 0.25) is 0 Å². The Morgan fingerprint density at radius 1 is 1.19 bits per heavy atom. The molecule has 0 aliphatic carbocycles. The first-order chi connectivity index (χ1) is 12.7. The predicted octanol–water partition coefficient (Wildman–Crippen LogP) is 3.37. The standard InChI is InChI=1S/C19H16F3NO4/c1-18(10-13-4-2-3-5-15(13)16(24)27-18)17(25)23-11-12-6-8-14(9-7-12)26-19(20,21)22/h2-9H,10-11H2,1H3,(H,23,25). The smallest absolute Gasteiger partial charge is 0.445 e. The maximum atomic E-state index is 12.5. The highest BCUT2D eigenvalue weighted by molar-refractivity contribution is 5.97. The van der Waals surface area contributed by atoms with Crippen LogP contribution in [0.5, 0.6) is 5.75 Å². The molecule has 0 radical (unpaired) electrons. The van der Waals surface area contributed by atoms with E-state index >= 15 is 0 Å². The lowest BCUT2D eigenvalue weighted by Gasteiger charge is -2.33. The summed E-state index contributed by atoms with van der Waals surface area (Å²) >= 11 is 0. The van der Waals surface area contributed by atoms with Crippen molar-refractivity contribution < 1.29 is 32.2 Å². The number of esters is 1. The Hall–Kier alpha value is -3.03. The van der Waals surface area contributed by atoms with Gasteiger partial charge in [-0.3, -0.25) is 4.79 Å². The summed E-state index contributed by atoms with van der Waals surface area (Å²) in [5.74, 6) is -1.40. The average molecular weight is 379 g/mol. The molecule has 1 N–H and O–H groups in total. The number of carbonyl (C=O) groups is 2. The number of cyclic esters (lactones) is 1. The lowest BCUT2D eigenvalue weighted by molar-refractivity contribution is -0.274. The van der Waals surface area contributed by atoms with E-state index in [1.165, 1.54) is 19.1 Å². The predicted molar refractivity (Wildman–Crippen MR) is 88.9 cm³/mol.